The number of rotatable bonds is 3. The zero-order valence-corrected chi connectivity index (χ0v) is 5.02. The van der Waals surface area contributed by atoms with Crippen LogP contribution in [0.1, 0.15) is 0 Å². The van der Waals surface area contributed by atoms with Gasteiger partial charge in [0.2, 0.25) is 0 Å². The average Bonchev–Trinajstić information content (AvgIpc) is 1.80. The summed E-state index contributed by atoms with van der Waals surface area (Å²) in [5, 5.41) is 9.91. The van der Waals surface area contributed by atoms with Gasteiger partial charge in [-0.15, -0.1) is 6.58 Å². The first-order chi connectivity index (χ1) is 4.48. The monoisotopic (exact) mass is 155 g/mol. The molecule has 2 nitrogen and oxygen atoms in total. The van der Waals surface area contributed by atoms with Crippen LogP contribution in [0.25, 0.3) is 0 Å². The van der Waals surface area contributed by atoms with Crippen LogP contribution in [0.2, 0.25) is 0 Å². The van der Waals surface area contributed by atoms with E-state index < -0.39 is 12.5 Å². The second-order valence-corrected chi connectivity index (χ2v) is 1.50. The van der Waals surface area contributed by atoms with Gasteiger partial charge in [0.25, 0.3) is 6.29 Å². The highest BCUT2D eigenvalue weighted by atomic mass is 19.4. The van der Waals surface area contributed by atoms with Gasteiger partial charge in [-0.1, -0.05) is 6.08 Å². The largest absolute Gasteiger partial charge is 0.443 e. The van der Waals surface area contributed by atoms with Gasteiger partial charge in [-0.3, -0.25) is 0 Å². The van der Waals surface area contributed by atoms with Crippen LogP contribution in [0.4, 0.5) is 13.2 Å². The third-order valence-electron chi connectivity index (χ3n) is 0.633. The van der Waals surface area contributed by atoms with Crippen molar-refractivity contribution in [3.63, 3.8) is 0 Å². The molecule has 0 aromatic rings. The summed E-state index contributed by atoms with van der Waals surface area (Å²) in [7, 11) is 0. The van der Waals surface area contributed by atoms with Gasteiger partial charge in [-0.05, 0) is 0 Å². The zero-order valence-electron chi connectivity index (χ0n) is 5.02. The van der Waals surface area contributed by atoms with Crippen molar-refractivity contribution >= 4 is 0 Å². The molecule has 1 unspecified atom stereocenters. The van der Waals surface area contributed by atoms with E-state index in [9.17, 15) is 18.3 Å². The summed E-state index contributed by atoms with van der Waals surface area (Å²) >= 11 is 0. The molecule has 0 amide bonds. The second kappa shape index (κ2) is 3.58. The predicted octanol–water partition coefficient (Wildman–Crippen LogP) is 1.51. The maximum Gasteiger partial charge on any atom is 0.443 e. The molecule has 0 saturated heterocycles. The molecule has 1 radical (unpaired) electrons. The van der Waals surface area contributed by atoms with Gasteiger partial charge in [-0.2, -0.15) is 18.3 Å². The minimum atomic E-state index is -4.82. The summed E-state index contributed by atoms with van der Waals surface area (Å²) in [4.78, 5) is 0. The molecule has 5 heteroatoms. The molecule has 0 rings (SSSR count). The molecule has 0 aromatic heterocycles. The summed E-state index contributed by atoms with van der Waals surface area (Å²) in [6, 6.07) is 0. The van der Waals surface area contributed by atoms with Gasteiger partial charge in [-0.25, -0.2) is 0 Å². The molecule has 0 saturated carbocycles. The fraction of sp³-hybridized carbons (Fsp3) is 0.600. The fourth-order valence-electron chi connectivity index (χ4n) is 0.250. The molecule has 0 spiro atoms. The summed E-state index contributed by atoms with van der Waals surface area (Å²) in [5.41, 5.74) is 0. The molecular weight excluding hydrogens is 149 g/mol. The van der Waals surface area contributed by atoms with Crippen molar-refractivity contribution in [2.45, 2.75) is 12.5 Å². The SMILES string of the molecule is C=CCOC([O])C(F)(F)F. The van der Waals surface area contributed by atoms with E-state index in [1.165, 1.54) is 0 Å². The molecule has 0 aliphatic carbocycles. The maximum absolute atomic E-state index is 11.3. The lowest BCUT2D eigenvalue weighted by Gasteiger charge is -2.10. The molecule has 0 N–H and O–H groups in total. The van der Waals surface area contributed by atoms with Gasteiger partial charge in [0.1, 0.15) is 0 Å². The highest BCUT2D eigenvalue weighted by Crippen LogP contribution is 2.20. The quantitative estimate of drug-likeness (QED) is 0.448. The van der Waals surface area contributed by atoms with Crippen molar-refractivity contribution in [3.8, 4) is 0 Å². The number of hydrogen-bond acceptors (Lipinski definition) is 1. The van der Waals surface area contributed by atoms with Gasteiger partial charge >= 0.3 is 6.18 Å². The molecule has 59 valence electrons. The Kier molecular flexibility index (Phi) is 3.38. The smallest absolute Gasteiger partial charge is 0.339 e. The molecule has 10 heavy (non-hydrogen) atoms. The van der Waals surface area contributed by atoms with Gasteiger partial charge < -0.3 is 4.74 Å². The Morgan fingerprint density at radius 2 is 2.10 bits per heavy atom. The second-order valence-electron chi connectivity index (χ2n) is 1.50. The molecule has 0 aliphatic heterocycles. The number of halogens is 3. The summed E-state index contributed by atoms with van der Waals surface area (Å²) in [5.74, 6) is 0. The van der Waals surface area contributed by atoms with Gasteiger partial charge in [0.05, 0.1) is 6.61 Å². The van der Waals surface area contributed by atoms with Crippen molar-refractivity contribution in [1.82, 2.24) is 0 Å². The van der Waals surface area contributed by atoms with E-state index in [-0.39, 0.29) is 6.61 Å². The van der Waals surface area contributed by atoms with Crippen molar-refractivity contribution in [2.24, 2.45) is 0 Å². The summed E-state index contributed by atoms with van der Waals surface area (Å²) < 4.78 is 37.7. The van der Waals surface area contributed by atoms with E-state index in [0.29, 0.717) is 0 Å². The molecular formula is C5H6F3O2. The van der Waals surface area contributed by atoms with E-state index in [1.54, 1.807) is 0 Å². The van der Waals surface area contributed by atoms with Crippen LogP contribution in [0, 0.1) is 0 Å². The van der Waals surface area contributed by atoms with E-state index in [1.807, 2.05) is 0 Å². The summed E-state index contributed by atoms with van der Waals surface area (Å²) in [6.07, 6.45) is -6.69. The first-order valence-corrected chi connectivity index (χ1v) is 2.43. The van der Waals surface area contributed by atoms with Crippen LogP contribution in [0.5, 0.6) is 0 Å². The zero-order chi connectivity index (χ0) is 8.20. The highest BCUT2D eigenvalue weighted by molar-refractivity contribution is 4.65. The van der Waals surface area contributed by atoms with Gasteiger partial charge in [0.15, 0.2) is 0 Å². The minimum Gasteiger partial charge on any atom is -0.339 e. The third kappa shape index (κ3) is 3.47. The minimum absolute atomic E-state index is 0.381. The standard InChI is InChI=1S/C5H6F3O2/c1-2-3-10-4(9)5(6,7)8/h2,4H,1,3H2. The molecule has 1 atom stereocenters. The normalized spacial score (nSPS) is 14.8. The summed E-state index contributed by atoms with van der Waals surface area (Å²) in [6.45, 7) is 2.70. The number of alkyl halides is 3. The lowest BCUT2D eigenvalue weighted by atomic mass is 10.6. The van der Waals surface area contributed by atoms with Crippen LogP contribution in [0.3, 0.4) is 0 Å². The molecule has 0 fully saturated rings. The van der Waals surface area contributed by atoms with E-state index in [4.69, 9.17) is 0 Å². The lowest BCUT2D eigenvalue weighted by Crippen LogP contribution is -2.29. The van der Waals surface area contributed by atoms with E-state index >= 15 is 0 Å². The number of hydrogen-bond donors (Lipinski definition) is 0. The Morgan fingerprint density at radius 1 is 1.60 bits per heavy atom. The molecule has 0 aromatic carbocycles. The van der Waals surface area contributed by atoms with Crippen molar-refractivity contribution in [1.29, 1.82) is 0 Å². The average molecular weight is 155 g/mol. The van der Waals surface area contributed by atoms with Crippen LogP contribution in [-0.2, 0) is 9.84 Å². The Balaban J connectivity index is 3.61. The maximum atomic E-state index is 11.3. The van der Waals surface area contributed by atoms with E-state index in [2.05, 4.69) is 11.3 Å². The number of ether oxygens (including phenoxy) is 1. The van der Waals surface area contributed by atoms with E-state index in [0.717, 1.165) is 6.08 Å². The Hall–Kier alpha value is -0.550. The molecule has 0 aliphatic rings. The van der Waals surface area contributed by atoms with Crippen molar-refractivity contribution < 1.29 is 23.0 Å². The fourth-order valence-corrected chi connectivity index (χ4v) is 0.250. The Labute approximate surface area is 55.9 Å². The van der Waals surface area contributed by atoms with Crippen LogP contribution < -0.4 is 0 Å². The first kappa shape index (κ1) is 9.45. The third-order valence-corrected chi connectivity index (χ3v) is 0.633. The molecule has 0 heterocycles. The predicted molar refractivity (Wildman–Crippen MR) is 26.7 cm³/mol. The lowest BCUT2D eigenvalue weighted by molar-refractivity contribution is -0.310. The van der Waals surface area contributed by atoms with Crippen molar-refractivity contribution in [2.75, 3.05) is 6.61 Å². The Bertz CT molecular complexity index is 110. The van der Waals surface area contributed by atoms with Crippen LogP contribution >= 0.6 is 0 Å². The van der Waals surface area contributed by atoms with Gasteiger partial charge in [0, 0.05) is 0 Å². The Morgan fingerprint density at radius 3 is 2.40 bits per heavy atom. The molecule has 0 bridgehead atoms. The van der Waals surface area contributed by atoms with Crippen LogP contribution in [0.15, 0.2) is 12.7 Å². The topological polar surface area (TPSA) is 29.1 Å². The van der Waals surface area contributed by atoms with Crippen molar-refractivity contribution in [3.05, 3.63) is 12.7 Å². The first-order valence-electron chi connectivity index (χ1n) is 2.43. The van der Waals surface area contributed by atoms with Crippen LogP contribution in [-0.4, -0.2) is 19.1 Å². The highest BCUT2D eigenvalue weighted by Gasteiger charge is 2.40.